The van der Waals surface area contributed by atoms with E-state index in [1.807, 2.05) is 26.2 Å². The Balaban J connectivity index is 2.37. The Morgan fingerprint density at radius 2 is 1.90 bits per heavy atom. The van der Waals surface area contributed by atoms with Crippen molar-refractivity contribution in [1.29, 1.82) is 0 Å². The van der Waals surface area contributed by atoms with Crippen molar-refractivity contribution in [3.63, 3.8) is 0 Å². The van der Waals surface area contributed by atoms with Crippen LogP contribution in [0.25, 0.3) is 0 Å². The SMILES string of the molecule is CCC(CN(C)C)C(=O)c1ccc(OC)c2c1CCCC2. The van der Waals surface area contributed by atoms with E-state index in [2.05, 4.69) is 11.8 Å². The summed E-state index contributed by atoms with van der Waals surface area (Å²) in [6, 6.07) is 3.95. The molecule has 0 aromatic heterocycles. The van der Waals surface area contributed by atoms with Gasteiger partial charge in [0.15, 0.2) is 5.78 Å². The zero-order valence-electron chi connectivity index (χ0n) is 13.7. The third-order valence-electron chi connectivity index (χ3n) is 4.43. The van der Waals surface area contributed by atoms with Gasteiger partial charge in [0.1, 0.15) is 5.75 Å². The van der Waals surface area contributed by atoms with Gasteiger partial charge < -0.3 is 9.64 Å². The number of carbonyl (C=O) groups excluding carboxylic acids is 1. The Bertz CT molecular complexity index is 508. The first-order valence-corrected chi connectivity index (χ1v) is 7.96. The molecule has 0 N–H and O–H groups in total. The van der Waals surface area contributed by atoms with Crippen molar-refractivity contribution in [2.75, 3.05) is 27.7 Å². The second-order valence-electron chi connectivity index (χ2n) is 6.21. The summed E-state index contributed by atoms with van der Waals surface area (Å²) in [5.74, 6) is 1.33. The monoisotopic (exact) mass is 289 g/mol. The molecule has 0 saturated heterocycles. The molecule has 0 spiro atoms. The highest BCUT2D eigenvalue weighted by Crippen LogP contribution is 2.33. The second kappa shape index (κ2) is 7.08. The van der Waals surface area contributed by atoms with Gasteiger partial charge in [-0.25, -0.2) is 0 Å². The van der Waals surface area contributed by atoms with Crippen LogP contribution in [0.15, 0.2) is 12.1 Å². The average Bonchev–Trinajstić information content (AvgIpc) is 2.50. The van der Waals surface area contributed by atoms with Gasteiger partial charge in [-0.1, -0.05) is 6.92 Å². The van der Waals surface area contributed by atoms with Crippen molar-refractivity contribution in [3.8, 4) is 5.75 Å². The van der Waals surface area contributed by atoms with E-state index in [0.717, 1.165) is 37.1 Å². The largest absolute Gasteiger partial charge is 0.496 e. The number of hydrogen-bond donors (Lipinski definition) is 0. The molecule has 0 radical (unpaired) electrons. The molecular weight excluding hydrogens is 262 g/mol. The molecule has 0 aliphatic heterocycles. The molecule has 0 fully saturated rings. The quantitative estimate of drug-likeness (QED) is 0.752. The van der Waals surface area contributed by atoms with Gasteiger partial charge >= 0.3 is 0 Å². The Morgan fingerprint density at radius 3 is 2.48 bits per heavy atom. The summed E-state index contributed by atoms with van der Waals surface area (Å²) in [7, 11) is 5.77. The van der Waals surface area contributed by atoms with Crippen molar-refractivity contribution in [2.45, 2.75) is 39.0 Å². The fraction of sp³-hybridized carbons (Fsp3) is 0.611. The van der Waals surface area contributed by atoms with Gasteiger partial charge in [0.25, 0.3) is 0 Å². The fourth-order valence-electron chi connectivity index (χ4n) is 3.31. The number of hydrogen-bond acceptors (Lipinski definition) is 3. The first-order chi connectivity index (χ1) is 10.1. The number of carbonyl (C=O) groups is 1. The normalized spacial score (nSPS) is 15.7. The van der Waals surface area contributed by atoms with Crippen LogP contribution < -0.4 is 4.74 Å². The van der Waals surface area contributed by atoms with Crippen LogP contribution in [0.2, 0.25) is 0 Å². The molecule has 1 unspecified atom stereocenters. The summed E-state index contributed by atoms with van der Waals surface area (Å²) in [5.41, 5.74) is 3.43. The number of rotatable bonds is 6. The van der Waals surface area contributed by atoms with Crippen LogP contribution in [0.3, 0.4) is 0 Å². The number of Topliss-reactive ketones (excluding diaryl/α,β-unsaturated/α-hetero) is 1. The van der Waals surface area contributed by atoms with E-state index in [1.165, 1.54) is 24.0 Å². The van der Waals surface area contributed by atoms with Crippen molar-refractivity contribution >= 4 is 5.78 Å². The number of nitrogens with zero attached hydrogens (tertiary/aromatic N) is 1. The minimum atomic E-state index is 0.0828. The smallest absolute Gasteiger partial charge is 0.167 e. The Morgan fingerprint density at radius 1 is 1.24 bits per heavy atom. The third-order valence-corrected chi connectivity index (χ3v) is 4.43. The first-order valence-electron chi connectivity index (χ1n) is 7.96. The van der Waals surface area contributed by atoms with Crippen molar-refractivity contribution in [1.82, 2.24) is 4.90 Å². The maximum absolute atomic E-state index is 12.9. The van der Waals surface area contributed by atoms with Crippen molar-refractivity contribution in [2.24, 2.45) is 5.92 Å². The molecule has 1 aliphatic rings. The molecule has 0 saturated carbocycles. The Hall–Kier alpha value is -1.35. The first kappa shape index (κ1) is 16.0. The topological polar surface area (TPSA) is 29.5 Å². The predicted molar refractivity (Wildman–Crippen MR) is 86.3 cm³/mol. The van der Waals surface area contributed by atoms with Crippen molar-refractivity contribution in [3.05, 3.63) is 28.8 Å². The molecule has 1 atom stereocenters. The minimum absolute atomic E-state index is 0.0828. The van der Waals surface area contributed by atoms with Crippen molar-refractivity contribution < 1.29 is 9.53 Å². The van der Waals surface area contributed by atoms with Crippen LogP contribution >= 0.6 is 0 Å². The van der Waals surface area contributed by atoms with E-state index in [0.29, 0.717) is 5.78 Å². The number of ether oxygens (including phenoxy) is 1. The molecule has 3 nitrogen and oxygen atoms in total. The fourth-order valence-corrected chi connectivity index (χ4v) is 3.31. The van der Waals surface area contributed by atoms with E-state index in [1.54, 1.807) is 7.11 Å². The third kappa shape index (κ3) is 3.46. The summed E-state index contributed by atoms with van der Waals surface area (Å²) in [6.45, 7) is 2.91. The summed E-state index contributed by atoms with van der Waals surface area (Å²) in [4.78, 5) is 15.0. The number of fused-ring (bicyclic) bond motifs is 1. The highest BCUT2D eigenvalue weighted by molar-refractivity contribution is 6.00. The van der Waals surface area contributed by atoms with Crippen LogP contribution in [0.4, 0.5) is 0 Å². The van der Waals surface area contributed by atoms with Gasteiger partial charge in [-0.05, 0) is 69.5 Å². The Labute approximate surface area is 128 Å². The van der Waals surface area contributed by atoms with Gasteiger partial charge in [-0.15, -0.1) is 0 Å². The molecule has 21 heavy (non-hydrogen) atoms. The molecule has 1 aliphatic carbocycles. The van der Waals surface area contributed by atoms with E-state index in [4.69, 9.17) is 4.74 Å². The van der Waals surface area contributed by atoms with Crippen LogP contribution in [0.5, 0.6) is 5.75 Å². The lowest BCUT2D eigenvalue weighted by Gasteiger charge is -2.24. The van der Waals surface area contributed by atoms with E-state index in [-0.39, 0.29) is 5.92 Å². The maximum atomic E-state index is 12.9. The lowest BCUT2D eigenvalue weighted by Crippen LogP contribution is -2.28. The van der Waals surface area contributed by atoms with Crippen LogP contribution in [0, 0.1) is 5.92 Å². The molecular formula is C18H27NO2. The molecule has 0 heterocycles. The summed E-state index contributed by atoms with van der Waals surface area (Å²) in [5, 5.41) is 0. The van der Waals surface area contributed by atoms with E-state index in [9.17, 15) is 4.79 Å². The van der Waals surface area contributed by atoms with Crippen LogP contribution in [-0.2, 0) is 12.8 Å². The van der Waals surface area contributed by atoms with Gasteiger partial charge in [0, 0.05) is 18.0 Å². The Kier molecular flexibility index (Phi) is 5.40. The summed E-state index contributed by atoms with van der Waals surface area (Å²) in [6.07, 6.45) is 5.29. The zero-order chi connectivity index (χ0) is 15.4. The zero-order valence-corrected chi connectivity index (χ0v) is 13.7. The van der Waals surface area contributed by atoms with Gasteiger partial charge in [-0.3, -0.25) is 4.79 Å². The number of methoxy groups -OCH3 is 1. The second-order valence-corrected chi connectivity index (χ2v) is 6.21. The lowest BCUT2D eigenvalue weighted by molar-refractivity contribution is 0.0892. The number of benzene rings is 1. The highest BCUT2D eigenvalue weighted by Gasteiger charge is 2.25. The van der Waals surface area contributed by atoms with Gasteiger partial charge in [0.2, 0.25) is 0 Å². The molecule has 2 rings (SSSR count). The van der Waals surface area contributed by atoms with Gasteiger partial charge in [0.05, 0.1) is 7.11 Å². The van der Waals surface area contributed by atoms with E-state index < -0.39 is 0 Å². The predicted octanol–water partition coefficient (Wildman–Crippen LogP) is 3.34. The highest BCUT2D eigenvalue weighted by atomic mass is 16.5. The molecule has 3 heteroatoms. The van der Waals surface area contributed by atoms with Gasteiger partial charge in [-0.2, -0.15) is 0 Å². The summed E-state index contributed by atoms with van der Waals surface area (Å²) < 4.78 is 5.48. The minimum Gasteiger partial charge on any atom is -0.496 e. The standard InChI is InChI=1S/C18H27NO2/c1-5-13(12-19(2)3)18(20)16-10-11-17(21-4)15-9-7-6-8-14(15)16/h10-11,13H,5-9,12H2,1-4H3. The molecule has 0 amide bonds. The molecule has 0 bridgehead atoms. The van der Waals surface area contributed by atoms with Crippen LogP contribution in [-0.4, -0.2) is 38.4 Å². The average molecular weight is 289 g/mol. The molecule has 1 aromatic rings. The van der Waals surface area contributed by atoms with E-state index >= 15 is 0 Å². The van der Waals surface area contributed by atoms with Crippen LogP contribution in [0.1, 0.15) is 47.7 Å². The number of ketones is 1. The molecule has 116 valence electrons. The maximum Gasteiger partial charge on any atom is 0.167 e. The molecule has 1 aromatic carbocycles. The lowest BCUT2D eigenvalue weighted by atomic mass is 9.83. The summed E-state index contributed by atoms with van der Waals surface area (Å²) >= 11 is 0.